The van der Waals surface area contributed by atoms with Crippen molar-refractivity contribution in [2.24, 2.45) is 0 Å². The Balaban J connectivity index is 1.70. The number of hydrogen-bond acceptors (Lipinski definition) is 4. The third kappa shape index (κ3) is 4.43. The van der Waals surface area contributed by atoms with Crippen LogP contribution in [0.3, 0.4) is 0 Å². The number of hydrogen-bond donors (Lipinski definition) is 1. The van der Waals surface area contributed by atoms with Gasteiger partial charge in [0.2, 0.25) is 0 Å². The number of nitrogens with one attached hydrogen (secondary N) is 1. The second kappa shape index (κ2) is 9.45. The van der Waals surface area contributed by atoms with E-state index in [-0.39, 0.29) is 11.9 Å². The summed E-state index contributed by atoms with van der Waals surface area (Å²) in [6, 6.07) is 11.0. The molecule has 0 saturated carbocycles. The van der Waals surface area contributed by atoms with Gasteiger partial charge in [-0.3, -0.25) is 15.1 Å². The molecule has 1 fully saturated rings. The second-order valence-corrected chi connectivity index (χ2v) is 8.82. The zero-order chi connectivity index (χ0) is 23.7. The number of halogens is 1. The molecule has 4 rings (SSSR count). The number of anilines is 3. The summed E-state index contributed by atoms with van der Waals surface area (Å²) in [5.41, 5.74) is 7.17. The molecule has 3 amide bonds. The van der Waals surface area contributed by atoms with E-state index in [0.717, 1.165) is 42.9 Å². The number of carbonyl (C=O) groups is 2. The lowest BCUT2D eigenvalue weighted by Crippen LogP contribution is -2.38. The molecule has 0 aromatic heterocycles. The molecule has 2 aliphatic heterocycles. The lowest BCUT2D eigenvalue weighted by molar-refractivity contribution is -0.113. The van der Waals surface area contributed by atoms with Crippen LogP contribution in [0.15, 0.2) is 48.3 Å². The number of fused-ring (bicyclic) bond motifs is 3. The Hall–Kier alpha value is -3.03. The summed E-state index contributed by atoms with van der Waals surface area (Å²) in [5.74, 6) is 0.205. The Kier molecular flexibility index (Phi) is 6.63. The lowest BCUT2D eigenvalue weighted by atomic mass is 10.1. The quantitative estimate of drug-likeness (QED) is 0.625. The van der Waals surface area contributed by atoms with E-state index in [1.54, 1.807) is 33.0 Å². The van der Waals surface area contributed by atoms with Crippen LogP contribution in [0.1, 0.15) is 31.4 Å². The number of amides is 3. The molecule has 0 spiro atoms. The van der Waals surface area contributed by atoms with Crippen molar-refractivity contribution in [3.8, 4) is 0 Å². The van der Waals surface area contributed by atoms with Crippen molar-refractivity contribution in [3.63, 3.8) is 0 Å². The monoisotopic (exact) mass is 467 g/mol. The summed E-state index contributed by atoms with van der Waals surface area (Å²) in [6.07, 6.45) is 2.31. The van der Waals surface area contributed by atoms with Crippen molar-refractivity contribution in [1.82, 2.24) is 15.3 Å². The summed E-state index contributed by atoms with van der Waals surface area (Å²) >= 11 is 6.34. The summed E-state index contributed by atoms with van der Waals surface area (Å²) < 4.78 is 0. The first-order valence-electron chi connectivity index (χ1n) is 11.4. The Labute approximate surface area is 200 Å². The molecule has 2 aromatic rings. The van der Waals surface area contributed by atoms with Gasteiger partial charge in [0.25, 0.3) is 5.91 Å². The highest BCUT2D eigenvalue weighted by Crippen LogP contribution is 2.42. The van der Waals surface area contributed by atoms with Crippen molar-refractivity contribution in [1.29, 1.82) is 0 Å². The number of aryl methyl sites for hydroxylation is 2. The average Bonchev–Trinajstić information content (AvgIpc) is 3.01. The smallest absolute Gasteiger partial charge is 0.304 e. The minimum Gasteiger partial charge on any atom is -0.304 e. The van der Waals surface area contributed by atoms with E-state index in [0.29, 0.717) is 28.8 Å². The zero-order valence-corrected chi connectivity index (χ0v) is 20.3. The zero-order valence-electron chi connectivity index (χ0n) is 19.6. The van der Waals surface area contributed by atoms with E-state index in [2.05, 4.69) is 24.2 Å². The van der Waals surface area contributed by atoms with Gasteiger partial charge in [0.15, 0.2) is 0 Å². The Morgan fingerprint density at radius 1 is 0.939 bits per heavy atom. The fraction of sp³-hybridized carbons (Fsp3) is 0.360. The number of carbonyl (C=O) groups excluding carboxylic acids is 2. The van der Waals surface area contributed by atoms with Crippen molar-refractivity contribution < 1.29 is 9.59 Å². The van der Waals surface area contributed by atoms with Gasteiger partial charge in [0.05, 0.1) is 17.1 Å². The van der Waals surface area contributed by atoms with Crippen LogP contribution in [-0.2, 0) is 4.79 Å². The first-order valence-corrected chi connectivity index (χ1v) is 11.7. The van der Waals surface area contributed by atoms with Crippen LogP contribution >= 0.6 is 11.6 Å². The fourth-order valence-electron chi connectivity index (χ4n) is 4.40. The van der Waals surface area contributed by atoms with Gasteiger partial charge in [0.1, 0.15) is 5.82 Å². The van der Waals surface area contributed by atoms with Crippen molar-refractivity contribution >= 4 is 40.6 Å². The van der Waals surface area contributed by atoms with Crippen LogP contribution in [-0.4, -0.2) is 48.0 Å². The topological polar surface area (TPSA) is 59.1 Å². The highest BCUT2D eigenvalue weighted by molar-refractivity contribution is 6.31. The molecular weight excluding hydrogens is 438 g/mol. The highest BCUT2D eigenvalue weighted by Gasteiger charge is 2.39. The first kappa shape index (κ1) is 23.1. The van der Waals surface area contributed by atoms with E-state index in [9.17, 15) is 9.59 Å². The summed E-state index contributed by atoms with van der Waals surface area (Å²) in [4.78, 5) is 32.4. The summed E-state index contributed by atoms with van der Waals surface area (Å²) in [6.45, 7) is 11.7. The van der Waals surface area contributed by atoms with Gasteiger partial charge in [-0.05, 0) is 69.7 Å². The van der Waals surface area contributed by atoms with Crippen molar-refractivity contribution in [2.75, 3.05) is 36.0 Å². The Morgan fingerprint density at radius 2 is 1.67 bits per heavy atom. The molecule has 0 aliphatic carbocycles. The van der Waals surface area contributed by atoms with E-state index in [4.69, 9.17) is 11.6 Å². The molecule has 0 atom stereocenters. The van der Waals surface area contributed by atoms with Crippen LogP contribution in [0.25, 0.3) is 0 Å². The molecule has 1 saturated heterocycles. The van der Waals surface area contributed by atoms with Gasteiger partial charge in [-0.25, -0.2) is 14.7 Å². The maximum absolute atomic E-state index is 13.5. The van der Waals surface area contributed by atoms with Crippen molar-refractivity contribution in [3.05, 3.63) is 64.4 Å². The molecule has 0 radical (unpaired) electrons. The van der Waals surface area contributed by atoms with Gasteiger partial charge in [-0.2, -0.15) is 0 Å². The second-order valence-electron chi connectivity index (χ2n) is 8.39. The minimum absolute atomic E-state index is 0.209. The Bertz CT molecular complexity index is 1110. The SMILES string of the molecule is CCN(CC)CCCN1NC2=CC(=O)N(c3ccc(C)cc3C)c3cc(Cl)ccc3N2C1=O. The standard InChI is InChI=1S/C25H30ClN5O2/c1-5-28(6-2)12-7-13-29-25(33)31-21-11-9-19(26)15-22(21)30(24(32)16-23(31)27-29)20-10-8-17(3)14-18(20)4/h8-11,14-16,27H,5-7,12-13H2,1-4H3. The maximum atomic E-state index is 13.5. The molecule has 1 N–H and O–H groups in total. The van der Waals surface area contributed by atoms with Gasteiger partial charge in [-0.1, -0.05) is 43.1 Å². The molecule has 2 heterocycles. The Morgan fingerprint density at radius 3 is 2.36 bits per heavy atom. The molecule has 2 aliphatic rings. The highest BCUT2D eigenvalue weighted by atomic mass is 35.5. The predicted octanol–water partition coefficient (Wildman–Crippen LogP) is 4.96. The van der Waals surface area contributed by atoms with Gasteiger partial charge >= 0.3 is 6.03 Å². The molecule has 0 bridgehead atoms. The molecule has 8 heteroatoms. The van der Waals surface area contributed by atoms with Gasteiger partial charge in [0, 0.05) is 17.6 Å². The van der Waals surface area contributed by atoms with Crippen LogP contribution in [0.5, 0.6) is 0 Å². The van der Waals surface area contributed by atoms with Gasteiger partial charge < -0.3 is 4.90 Å². The molecule has 33 heavy (non-hydrogen) atoms. The molecule has 2 aromatic carbocycles. The van der Waals surface area contributed by atoms with E-state index >= 15 is 0 Å². The molecule has 0 unspecified atom stereocenters. The number of hydrazine groups is 1. The number of urea groups is 1. The average molecular weight is 468 g/mol. The third-order valence-electron chi connectivity index (χ3n) is 6.16. The van der Waals surface area contributed by atoms with Crippen LogP contribution in [0.4, 0.5) is 21.9 Å². The van der Waals surface area contributed by atoms with Gasteiger partial charge in [-0.15, -0.1) is 0 Å². The van der Waals surface area contributed by atoms with Crippen molar-refractivity contribution in [2.45, 2.75) is 34.1 Å². The fourth-order valence-corrected chi connectivity index (χ4v) is 4.57. The van der Waals surface area contributed by atoms with Crippen LogP contribution in [0.2, 0.25) is 5.02 Å². The third-order valence-corrected chi connectivity index (χ3v) is 6.39. The molecular formula is C25H30ClN5O2. The number of rotatable bonds is 7. The summed E-state index contributed by atoms with van der Waals surface area (Å²) in [5, 5.41) is 2.07. The first-order chi connectivity index (χ1) is 15.8. The van der Waals surface area contributed by atoms with E-state index in [1.165, 1.54) is 6.08 Å². The molecule has 7 nitrogen and oxygen atoms in total. The van der Waals surface area contributed by atoms with E-state index in [1.807, 2.05) is 32.0 Å². The lowest BCUT2D eigenvalue weighted by Gasteiger charge is -2.26. The minimum atomic E-state index is -0.242. The number of benzene rings is 2. The maximum Gasteiger partial charge on any atom is 0.349 e. The largest absolute Gasteiger partial charge is 0.349 e. The van der Waals surface area contributed by atoms with Crippen LogP contribution in [0, 0.1) is 13.8 Å². The van der Waals surface area contributed by atoms with Crippen LogP contribution < -0.4 is 15.2 Å². The predicted molar refractivity (Wildman–Crippen MR) is 133 cm³/mol. The summed E-state index contributed by atoms with van der Waals surface area (Å²) in [7, 11) is 0. The normalized spacial score (nSPS) is 15.5. The molecule has 174 valence electrons. The van der Waals surface area contributed by atoms with E-state index < -0.39 is 0 Å². The number of nitrogens with zero attached hydrogens (tertiary/aromatic N) is 4.